The lowest BCUT2D eigenvalue weighted by Crippen LogP contribution is -2.28. The zero-order chi connectivity index (χ0) is 15.8. The van der Waals surface area contributed by atoms with Crippen molar-refractivity contribution in [3.8, 4) is 5.75 Å². The van der Waals surface area contributed by atoms with Gasteiger partial charge in [0, 0.05) is 18.7 Å². The first-order valence-corrected chi connectivity index (χ1v) is 7.10. The molecule has 2 aromatic carbocycles. The van der Waals surface area contributed by atoms with Gasteiger partial charge in [0.2, 0.25) is 0 Å². The number of nitrogens with one attached hydrogen (secondary N) is 1. The number of benzene rings is 2. The Balaban J connectivity index is 1.81. The van der Waals surface area contributed by atoms with E-state index in [0.29, 0.717) is 25.1 Å². The van der Waals surface area contributed by atoms with Crippen LogP contribution in [0.3, 0.4) is 0 Å². The van der Waals surface area contributed by atoms with Crippen LogP contribution in [0.2, 0.25) is 0 Å². The Labute approximate surface area is 128 Å². The number of aliphatic hydroxyl groups is 1. The number of ether oxygens (including phenoxy) is 1. The SMILES string of the molecule is OC(CNCc1ccccc1OC(F)F)Cc1ccccc1. The molecule has 22 heavy (non-hydrogen) atoms. The van der Waals surface area contributed by atoms with Crippen LogP contribution >= 0.6 is 0 Å². The maximum Gasteiger partial charge on any atom is 0.387 e. The smallest absolute Gasteiger partial charge is 0.387 e. The van der Waals surface area contributed by atoms with Crippen molar-refractivity contribution in [3.05, 3.63) is 65.7 Å². The molecular formula is C17H19F2NO2. The van der Waals surface area contributed by atoms with Gasteiger partial charge in [-0.2, -0.15) is 8.78 Å². The zero-order valence-corrected chi connectivity index (χ0v) is 12.1. The number of rotatable bonds is 8. The lowest BCUT2D eigenvalue weighted by Gasteiger charge is -2.14. The molecule has 0 aliphatic heterocycles. The molecule has 1 unspecified atom stereocenters. The van der Waals surface area contributed by atoms with Crippen LogP contribution in [-0.2, 0) is 13.0 Å². The Morgan fingerprint density at radius 2 is 1.68 bits per heavy atom. The van der Waals surface area contributed by atoms with E-state index in [2.05, 4.69) is 10.1 Å². The van der Waals surface area contributed by atoms with Crippen LogP contribution in [-0.4, -0.2) is 24.4 Å². The topological polar surface area (TPSA) is 41.5 Å². The largest absolute Gasteiger partial charge is 0.434 e. The minimum atomic E-state index is -2.84. The highest BCUT2D eigenvalue weighted by Gasteiger charge is 2.10. The molecule has 118 valence electrons. The Morgan fingerprint density at radius 1 is 1.00 bits per heavy atom. The fraction of sp³-hybridized carbons (Fsp3) is 0.294. The van der Waals surface area contributed by atoms with Gasteiger partial charge in [-0.25, -0.2) is 0 Å². The molecule has 5 heteroatoms. The van der Waals surface area contributed by atoms with E-state index in [4.69, 9.17) is 0 Å². The molecular weight excluding hydrogens is 288 g/mol. The highest BCUT2D eigenvalue weighted by atomic mass is 19.3. The lowest BCUT2D eigenvalue weighted by molar-refractivity contribution is -0.0505. The van der Waals surface area contributed by atoms with Crippen LogP contribution in [0.1, 0.15) is 11.1 Å². The molecule has 0 saturated heterocycles. The van der Waals surface area contributed by atoms with Crippen molar-refractivity contribution < 1.29 is 18.6 Å². The molecule has 0 bridgehead atoms. The molecule has 2 aromatic rings. The quantitative estimate of drug-likeness (QED) is 0.788. The van der Waals surface area contributed by atoms with Gasteiger partial charge < -0.3 is 15.2 Å². The standard InChI is InChI=1S/C17H19F2NO2/c18-17(19)22-16-9-5-4-8-14(16)11-20-12-15(21)10-13-6-2-1-3-7-13/h1-9,15,17,20-21H,10-12H2. The Kier molecular flexibility index (Phi) is 6.30. The van der Waals surface area contributed by atoms with Crippen molar-refractivity contribution in [2.24, 2.45) is 0 Å². The van der Waals surface area contributed by atoms with Crippen molar-refractivity contribution in [1.29, 1.82) is 0 Å². The molecule has 1 atom stereocenters. The van der Waals surface area contributed by atoms with Crippen LogP contribution in [0.15, 0.2) is 54.6 Å². The van der Waals surface area contributed by atoms with Gasteiger partial charge in [0.1, 0.15) is 5.75 Å². The van der Waals surface area contributed by atoms with Crippen LogP contribution in [0, 0.1) is 0 Å². The summed E-state index contributed by atoms with van der Waals surface area (Å²) < 4.78 is 29.1. The summed E-state index contributed by atoms with van der Waals surface area (Å²) in [5, 5.41) is 13.0. The molecule has 0 fully saturated rings. The molecule has 0 amide bonds. The molecule has 3 nitrogen and oxygen atoms in total. The summed E-state index contributed by atoms with van der Waals surface area (Å²) in [6, 6.07) is 16.3. The average Bonchev–Trinajstić information content (AvgIpc) is 2.49. The third-order valence-corrected chi connectivity index (χ3v) is 3.20. The second kappa shape index (κ2) is 8.46. The highest BCUT2D eigenvalue weighted by Crippen LogP contribution is 2.19. The van der Waals surface area contributed by atoms with E-state index in [0.717, 1.165) is 5.56 Å². The molecule has 2 N–H and O–H groups in total. The highest BCUT2D eigenvalue weighted by molar-refractivity contribution is 5.33. The van der Waals surface area contributed by atoms with Gasteiger partial charge in [0.05, 0.1) is 6.10 Å². The Bertz CT molecular complexity index is 564. The van der Waals surface area contributed by atoms with Gasteiger partial charge in [-0.3, -0.25) is 0 Å². The van der Waals surface area contributed by atoms with Crippen LogP contribution in [0.4, 0.5) is 8.78 Å². The van der Waals surface area contributed by atoms with Gasteiger partial charge in [-0.05, 0) is 18.1 Å². The van der Waals surface area contributed by atoms with Gasteiger partial charge in [0.25, 0.3) is 0 Å². The van der Waals surface area contributed by atoms with Crippen LogP contribution in [0.25, 0.3) is 0 Å². The minimum Gasteiger partial charge on any atom is -0.434 e. The Morgan fingerprint density at radius 3 is 2.41 bits per heavy atom. The fourth-order valence-electron chi connectivity index (χ4n) is 2.19. The zero-order valence-electron chi connectivity index (χ0n) is 12.1. The maximum absolute atomic E-state index is 12.3. The summed E-state index contributed by atoms with van der Waals surface area (Å²) in [4.78, 5) is 0. The summed E-state index contributed by atoms with van der Waals surface area (Å²) >= 11 is 0. The summed E-state index contributed by atoms with van der Waals surface area (Å²) in [5.41, 5.74) is 1.69. The second-order valence-electron chi connectivity index (χ2n) is 4.96. The van der Waals surface area contributed by atoms with Gasteiger partial charge >= 0.3 is 6.61 Å². The van der Waals surface area contributed by atoms with Gasteiger partial charge in [-0.1, -0.05) is 48.5 Å². The molecule has 0 radical (unpaired) electrons. The number of hydrogen-bond donors (Lipinski definition) is 2. The van der Waals surface area contributed by atoms with Crippen LogP contribution in [0.5, 0.6) is 5.75 Å². The summed E-state index contributed by atoms with van der Waals surface area (Å²) in [6.45, 7) is -2.11. The van der Waals surface area contributed by atoms with Crippen LogP contribution < -0.4 is 10.1 Å². The molecule has 0 aliphatic rings. The number of hydrogen-bond acceptors (Lipinski definition) is 3. The molecule has 0 spiro atoms. The van der Waals surface area contributed by atoms with Crippen molar-refractivity contribution in [2.75, 3.05) is 6.54 Å². The van der Waals surface area contributed by atoms with Crippen molar-refractivity contribution in [2.45, 2.75) is 25.7 Å². The van der Waals surface area contributed by atoms with Gasteiger partial charge in [-0.15, -0.1) is 0 Å². The summed E-state index contributed by atoms with van der Waals surface area (Å²) in [7, 11) is 0. The van der Waals surface area contributed by atoms with E-state index in [1.807, 2.05) is 30.3 Å². The van der Waals surface area contributed by atoms with E-state index >= 15 is 0 Å². The number of halogens is 2. The first kappa shape index (κ1) is 16.4. The summed E-state index contributed by atoms with van der Waals surface area (Å²) in [5.74, 6) is 0.155. The van der Waals surface area contributed by atoms with E-state index in [-0.39, 0.29) is 5.75 Å². The third kappa shape index (κ3) is 5.42. The average molecular weight is 307 g/mol. The molecule has 0 aliphatic carbocycles. The number of alkyl halides is 2. The second-order valence-corrected chi connectivity index (χ2v) is 4.96. The van der Waals surface area contributed by atoms with E-state index in [1.165, 1.54) is 6.07 Å². The van der Waals surface area contributed by atoms with Crippen molar-refractivity contribution in [1.82, 2.24) is 5.32 Å². The maximum atomic E-state index is 12.3. The van der Waals surface area contributed by atoms with E-state index in [9.17, 15) is 13.9 Å². The van der Waals surface area contributed by atoms with Crippen molar-refractivity contribution >= 4 is 0 Å². The number of para-hydroxylation sites is 1. The molecule has 2 rings (SSSR count). The predicted molar refractivity (Wildman–Crippen MR) is 80.9 cm³/mol. The molecule has 0 heterocycles. The molecule has 0 saturated carbocycles. The number of aliphatic hydroxyl groups excluding tert-OH is 1. The first-order chi connectivity index (χ1) is 10.6. The predicted octanol–water partition coefficient (Wildman–Crippen LogP) is 2.98. The fourth-order valence-corrected chi connectivity index (χ4v) is 2.19. The first-order valence-electron chi connectivity index (χ1n) is 7.10. The minimum absolute atomic E-state index is 0.155. The summed E-state index contributed by atoms with van der Waals surface area (Å²) in [6.07, 6.45) is 0.00816. The third-order valence-electron chi connectivity index (χ3n) is 3.20. The van der Waals surface area contributed by atoms with Gasteiger partial charge in [0.15, 0.2) is 0 Å². The normalized spacial score (nSPS) is 12.4. The molecule has 0 aromatic heterocycles. The van der Waals surface area contributed by atoms with Crippen molar-refractivity contribution in [3.63, 3.8) is 0 Å². The Hall–Kier alpha value is -1.98. The van der Waals surface area contributed by atoms with E-state index in [1.54, 1.807) is 18.2 Å². The van der Waals surface area contributed by atoms with E-state index < -0.39 is 12.7 Å². The monoisotopic (exact) mass is 307 g/mol. The lowest BCUT2D eigenvalue weighted by atomic mass is 10.1.